The summed E-state index contributed by atoms with van der Waals surface area (Å²) in [6.07, 6.45) is 4.11. The molecule has 1 N–H and O–H groups in total. The third kappa shape index (κ3) is 3.01. The number of aryl methyl sites for hydroxylation is 1. The van der Waals surface area contributed by atoms with Crippen molar-refractivity contribution < 1.29 is 8.78 Å². The van der Waals surface area contributed by atoms with Crippen molar-refractivity contribution in [2.75, 3.05) is 13.1 Å². The van der Waals surface area contributed by atoms with Crippen LogP contribution in [0.3, 0.4) is 0 Å². The first-order valence-electron chi connectivity index (χ1n) is 5.90. The van der Waals surface area contributed by atoms with Crippen molar-refractivity contribution >= 4 is 0 Å². The van der Waals surface area contributed by atoms with Crippen molar-refractivity contribution in [2.24, 2.45) is 5.92 Å². The molecule has 0 radical (unpaired) electrons. The van der Waals surface area contributed by atoms with Crippen LogP contribution < -0.4 is 5.32 Å². The molecule has 2 rings (SSSR count). The Morgan fingerprint density at radius 2 is 2.19 bits per heavy atom. The number of benzene rings is 1. The van der Waals surface area contributed by atoms with Crippen LogP contribution in [0.1, 0.15) is 24.8 Å². The van der Waals surface area contributed by atoms with Crippen molar-refractivity contribution in [3.8, 4) is 0 Å². The molecule has 16 heavy (non-hydrogen) atoms. The van der Waals surface area contributed by atoms with Gasteiger partial charge in [0.25, 0.3) is 0 Å². The second-order valence-electron chi connectivity index (χ2n) is 4.49. The Hall–Kier alpha value is -0.960. The molecule has 1 aromatic rings. The topological polar surface area (TPSA) is 12.0 Å². The molecule has 0 aromatic heterocycles. The van der Waals surface area contributed by atoms with Gasteiger partial charge >= 0.3 is 0 Å². The quantitative estimate of drug-likeness (QED) is 0.834. The largest absolute Gasteiger partial charge is 0.316 e. The minimum absolute atomic E-state index is 0.413. The van der Waals surface area contributed by atoms with Crippen LogP contribution in [0.5, 0.6) is 0 Å². The van der Waals surface area contributed by atoms with Gasteiger partial charge in [0.05, 0.1) is 0 Å². The van der Waals surface area contributed by atoms with Crippen LogP contribution in [-0.2, 0) is 6.42 Å². The SMILES string of the molecule is Fc1ccc(CC[C@@H]2CCCNC2)c(F)c1. The van der Waals surface area contributed by atoms with Gasteiger partial charge in [0, 0.05) is 6.07 Å². The van der Waals surface area contributed by atoms with Crippen LogP contribution in [0.2, 0.25) is 0 Å². The zero-order valence-corrected chi connectivity index (χ0v) is 9.31. The highest BCUT2D eigenvalue weighted by Gasteiger charge is 2.13. The number of piperidine rings is 1. The van der Waals surface area contributed by atoms with Gasteiger partial charge in [0.2, 0.25) is 0 Å². The molecule has 1 aromatic carbocycles. The molecule has 1 nitrogen and oxygen atoms in total. The van der Waals surface area contributed by atoms with Crippen molar-refractivity contribution in [2.45, 2.75) is 25.7 Å². The van der Waals surface area contributed by atoms with Gasteiger partial charge in [-0.1, -0.05) is 6.07 Å². The van der Waals surface area contributed by atoms with Crippen molar-refractivity contribution in [1.29, 1.82) is 0 Å². The van der Waals surface area contributed by atoms with Gasteiger partial charge in [0.15, 0.2) is 0 Å². The van der Waals surface area contributed by atoms with E-state index < -0.39 is 11.6 Å². The highest BCUT2D eigenvalue weighted by atomic mass is 19.1. The van der Waals surface area contributed by atoms with Crippen molar-refractivity contribution in [3.05, 3.63) is 35.4 Å². The summed E-state index contributed by atoms with van der Waals surface area (Å²) in [7, 11) is 0. The second-order valence-corrected chi connectivity index (χ2v) is 4.49. The van der Waals surface area contributed by atoms with E-state index in [0.29, 0.717) is 17.9 Å². The van der Waals surface area contributed by atoms with Gasteiger partial charge in [-0.15, -0.1) is 0 Å². The van der Waals surface area contributed by atoms with E-state index in [4.69, 9.17) is 0 Å². The lowest BCUT2D eigenvalue weighted by Crippen LogP contribution is -2.29. The van der Waals surface area contributed by atoms with Crippen LogP contribution in [0.25, 0.3) is 0 Å². The van der Waals surface area contributed by atoms with Crippen molar-refractivity contribution in [1.82, 2.24) is 5.32 Å². The Kier molecular flexibility index (Phi) is 3.88. The fourth-order valence-electron chi connectivity index (χ4n) is 2.25. The van der Waals surface area contributed by atoms with Crippen molar-refractivity contribution in [3.63, 3.8) is 0 Å². The predicted octanol–water partition coefficient (Wildman–Crippen LogP) is 2.90. The molecule has 3 heteroatoms. The molecular weight excluding hydrogens is 208 g/mol. The Morgan fingerprint density at radius 3 is 2.88 bits per heavy atom. The van der Waals surface area contributed by atoms with E-state index in [1.807, 2.05) is 0 Å². The minimum Gasteiger partial charge on any atom is -0.316 e. The summed E-state index contributed by atoms with van der Waals surface area (Å²) in [5, 5.41) is 3.34. The summed E-state index contributed by atoms with van der Waals surface area (Å²) in [5.41, 5.74) is 0.631. The molecule has 0 unspecified atom stereocenters. The second kappa shape index (κ2) is 5.39. The number of halogens is 2. The van der Waals surface area contributed by atoms with E-state index in [-0.39, 0.29) is 0 Å². The molecule has 1 aliphatic rings. The van der Waals surface area contributed by atoms with Crippen LogP contribution in [0, 0.1) is 17.6 Å². The standard InChI is InChI=1S/C13H17F2N/c14-12-6-5-11(13(15)8-12)4-3-10-2-1-7-16-9-10/h5-6,8,10,16H,1-4,7,9H2/t10-/m0/s1. The Morgan fingerprint density at radius 1 is 1.31 bits per heavy atom. The molecule has 0 bridgehead atoms. The molecule has 0 saturated carbocycles. The molecule has 88 valence electrons. The minimum atomic E-state index is -0.499. The predicted molar refractivity (Wildman–Crippen MR) is 60.3 cm³/mol. The molecular formula is C13H17F2N. The number of rotatable bonds is 3. The van der Waals surface area contributed by atoms with Crippen LogP contribution >= 0.6 is 0 Å². The Balaban J connectivity index is 1.88. The van der Waals surface area contributed by atoms with E-state index in [0.717, 1.165) is 25.6 Å². The molecule has 1 fully saturated rings. The summed E-state index contributed by atoms with van der Waals surface area (Å²) in [4.78, 5) is 0. The number of nitrogens with one attached hydrogen (secondary N) is 1. The third-order valence-corrected chi connectivity index (χ3v) is 3.24. The molecule has 1 aliphatic heterocycles. The van der Waals surface area contributed by atoms with E-state index in [2.05, 4.69) is 5.32 Å². The molecule has 1 saturated heterocycles. The normalized spacial score (nSPS) is 21.0. The molecule has 0 amide bonds. The summed E-state index contributed by atoms with van der Waals surface area (Å²) < 4.78 is 26.0. The van der Waals surface area contributed by atoms with Gasteiger partial charge in [-0.2, -0.15) is 0 Å². The number of hydrogen-bond donors (Lipinski definition) is 1. The van der Waals surface area contributed by atoms with Gasteiger partial charge in [0.1, 0.15) is 11.6 Å². The molecule has 0 spiro atoms. The first kappa shape index (κ1) is 11.5. The summed E-state index contributed by atoms with van der Waals surface area (Å²) >= 11 is 0. The van der Waals surface area contributed by atoms with Gasteiger partial charge in [-0.25, -0.2) is 8.78 Å². The Bertz CT molecular complexity index is 346. The van der Waals surface area contributed by atoms with E-state index in [9.17, 15) is 8.78 Å². The summed E-state index contributed by atoms with van der Waals surface area (Å²) in [5.74, 6) is -0.275. The average Bonchev–Trinajstić information content (AvgIpc) is 2.29. The highest BCUT2D eigenvalue weighted by Crippen LogP contribution is 2.19. The monoisotopic (exact) mass is 225 g/mol. The molecule has 1 heterocycles. The smallest absolute Gasteiger partial charge is 0.129 e. The van der Waals surface area contributed by atoms with Gasteiger partial charge in [-0.3, -0.25) is 0 Å². The fraction of sp³-hybridized carbons (Fsp3) is 0.538. The zero-order valence-electron chi connectivity index (χ0n) is 9.31. The van der Waals surface area contributed by atoms with E-state index in [1.54, 1.807) is 6.07 Å². The summed E-state index contributed by atoms with van der Waals surface area (Å²) in [6, 6.07) is 3.85. The fourth-order valence-corrected chi connectivity index (χ4v) is 2.25. The van der Waals surface area contributed by atoms with E-state index in [1.165, 1.54) is 18.9 Å². The average molecular weight is 225 g/mol. The van der Waals surface area contributed by atoms with Crippen LogP contribution in [0.4, 0.5) is 8.78 Å². The Labute approximate surface area is 94.9 Å². The maximum Gasteiger partial charge on any atom is 0.129 e. The van der Waals surface area contributed by atoms with Crippen LogP contribution in [-0.4, -0.2) is 13.1 Å². The zero-order chi connectivity index (χ0) is 11.4. The highest BCUT2D eigenvalue weighted by molar-refractivity contribution is 5.18. The first-order chi connectivity index (χ1) is 7.75. The lowest BCUT2D eigenvalue weighted by molar-refractivity contribution is 0.356. The first-order valence-corrected chi connectivity index (χ1v) is 5.90. The lowest BCUT2D eigenvalue weighted by Gasteiger charge is -2.22. The maximum atomic E-state index is 13.3. The van der Waals surface area contributed by atoms with Gasteiger partial charge < -0.3 is 5.32 Å². The van der Waals surface area contributed by atoms with Crippen LogP contribution in [0.15, 0.2) is 18.2 Å². The lowest BCUT2D eigenvalue weighted by atomic mass is 9.92. The maximum absolute atomic E-state index is 13.3. The third-order valence-electron chi connectivity index (χ3n) is 3.24. The number of hydrogen-bond acceptors (Lipinski definition) is 1. The molecule has 1 atom stereocenters. The summed E-state index contributed by atoms with van der Waals surface area (Å²) in [6.45, 7) is 2.13. The van der Waals surface area contributed by atoms with Gasteiger partial charge in [-0.05, 0) is 56.3 Å². The molecule has 0 aliphatic carbocycles. The van der Waals surface area contributed by atoms with E-state index >= 15 is 0 Å².